The third-order valence-corrected chi connectivity index (χ3v) is 4.47. The highest BCUT2D eigenvalue weighted by Crippen LogP contribution is 2.32. The fourth-order valence-electron chi connectivity index (χ4n) is 1.63. The van der Waals surface area contributed by atoms with Crippen LogP contribution >= 0.6 is 23.1 Å². The third-order valence-electron chi connectivity index (χ3n) is 2.65. The van der Waals surface area contributed by atoms with Crippen LogP contribution in [-0.4, -0.2) is 30.3 Å². The van der Waals surface area contributed by atoms with Crippen molar-refractivity contribution >= 4 is 34.3 Å². The van der Waals surface area contributed by atoms with Crippen LogP contribution in [0.3, 0.4) is 0 Å². The van der Waals surface area contributed by atoms with Crippen LogP contribution < -0.4 is 10.2 Å². The average Bonchev–Trinajstić information content (AvgIpc) is 3.16. The van der Waals surface area contributed by atoms with Crippen molar-refractivity contribution in [2.75, 3.05) is 19.0 Å². The van der Waals surface area contributed by atoms with Crippen LogP contribution in [-0.2, 0) is 5.75 Å². The normalized spacial score (nSPS) is 11.1. The molecule has 2 bridgehead atoms. The molecule has 0 saturated carbocycles. The number of hydrogen-bond acceptors (Lipinski definition) is 6. The minimum absolute atomic E-state index is 0.193. The van der Waals surface area contributed by atoms with E-state index in [1.807, 2.05) is 12.1 Å². The number of thioether (sulfide) groups is 1. The predicted octanol–water partition coefficient (Wildman–Crippen LogP) is 2.48. The lowest BCUT2D eigenvalue weighted by molar-refractivity contribution is 0.249. The van der Waals surface area contributed by atoms with Crippen molar-refractivity contribution in [2.45, 2.75) is 10.6 Å². The number of fused-ring (bicyclic) bond motifs is 2. The van der Waals surface area contributed by atoms with E-state index in [-0.39, 0.29) is 6.03 Å². The van der Waals surface area contributed by atoms with Gasteiger partial charge in [-0.15, -0.1) is 22.0 Å². The second-order valence-corrected chi connectivity index (χ2v) is 5.96. The zero-order chi connectivity index (χ0) is 15.2. The molecular formula is C13H13N5OS2. The highest BCUT2D eigenvalue weighted by molar-refractivity contribution is 7.98. The Hall–Kier alpha value is -2.11. The first-order valence-electron chi connectivity index (χ1n) is 6.02. The summed E-state index contributed by atoms with van der Waals surface area (Å²) in [5, 5.41) is 18.9. The number of nitriles is 1. The SMILES string of the molecule is CNC(=O)N(C)c1nncs1.N#Cc1cc2cc(c1)SC2. The van der Waals surface area contributed by atoms with Crippen molar-refractivity contribution in [2.24, 2.45) is 0 Å². The summed E-state index contributed by atoms with van der Waals surface area (Å²) in [5.41, 5.74) is 3.64. The van der Waals surface area contributed by atoms with E-state index >= 15 is 0 Å². The quantitative estimate of drug-likeness (QED) is 0.873. The van der Waals surface area contributed by atoms with Crippen LogP contribution in [0.1, 0.15) is 11.1 Å². The Morgan fingerprint density at radius 3 is 2.86 bits per heavy atom. The Bertz CT molecular complexity index is 643. The van der Waals surface area contributed by atoms with Gasteiger partial charge in [0, 0.05) is 24.7 Å². The van der Waals surface area contributed by atoms with Gasteiger partial charge < -0.3 is 5.32 Å². The van der Waals surface area contributed by atoms with E-state index in [2.05, 4.69) is 27.6 Å². The Labute approximate surface area is 130 Å². The molecule has 0 unspecified atom stereocenters. The number of benzene rings is 1. The molecule has 8 heteroatoms. The number of anilines is 1. The molecule has 1 N–H and O–H groups in total. The van der Waals surface area contributed by atoms with Gasteiger partial charge in [-0.25, -0.2) is 4.79 Å². The Morgan fingerprint density at radius 2 is 2.29 bits per heavy atom. The molecule has 3 rings (SSSR count). The van der Waals surface area contributed by atoms with Gasteiger partial charge in [0.05, 0.1) is 11.6 Å². The van der Waals surface area contributed by atoms with Crippen molar-refractivity contribution in [1.82, 2.24) is 15.5 Å². The molecule has 2 amide bonds. The molecule has 0 radical (unpaired) electrons. The van der Waals surface area contributed by atoms with E-state index in [4.69, 9.17) is 5.26 Å². The topological polar surface area (TPSA) is 81.9 Å². The van der Waals surface area contributed by atoms with Crippen molar-refractivity contribution in [3.8, 4) is 6.07 Å². The number of nitrogens with one attached hydrogen (secondary N) is 1. The number of hydrogen-bond donors (Lipinski definition) is 1. The first-order valence-corrected chi connectivity index (χ1v) is 7.89. The summed E-state index contributed by atoms with van der Waals surface area (Å²) in [6, 6.07) is 7.95. The molecule has 2 heterocycles. The molecule has 1 aliphatic rings. The Morgan fingerprint density at radius 1 is 1.48 bits per heavy atom. The monoisotopic (exact) mass is 319 g/mol. The maximum Gasteiger partial charge on any atom is 0.323 e. The lowest BCUT2D eigenvalue weighted by Gasteiger charge is -2.10. The van der Waals surface area contributed by atoms with Crippen molar-refractivity contribution < 1.29 is 4.79 Å². The number of carbonyl (C=O) groups excluding carboxylic acids is 1. The van der Waals surface area contributed by atoms with Gasteiger partial charge in [-0.1, -0.05) is 11.3 Å². The Balaban J connectivity index is 0.000000154. The summed E-state index contributed by atoms with van der Waals surface area (Å²) in [5.74, 6) is 1.04. The van der Waals surface area contributed by atoms with Gasteiger partial charge in [0.2, 0.25) is 5.13 Å². The molecule has 0 spiro atoms. The van der Waals surface area contributed by atoms with Gasteiger partial charge in [0.1, 0.15) is 5.51 Å². The predicted molar refractivity (Wildman–Crippen MR) is 83.5 cm³/mol. The smallest absolute Gasteiger partial charge is 0.323 e. The molecule has 0 aliphatic carbocycles. The highest BCUT2D eigenvalue weighted by atomic mass is 32.2. The molecule has 108 valence electrons. The van der Waals surface area contributed by atoms with Crippen LogP contribution in [0, 0.1) is 11.3 Å². The van der Waals surface area contributed by atoms with Gasteiger partial charge in [-0.3, -0.25) is 4.90 Å². The van der Waals surface area contributed by atoms with E-state index in [9.17, 15) is 4.79 Å². The molecule has 6 nitrogen and oxygen atoms in total. The largest absolute Gasteiger partial charge is 0.341 e. The number of nitrogens with zero attached hydrogens (tertiary/aromatic N) is 4. The van der Waals surface area contributed by atoms with Crippen molar-refractivity contribution in [3.63, 3.8) is 0 Å². The second kappa shape index (κ2) is 7.06. The molecule has 0 fully saturated rings. The van der Waals surface area contributed by atoms with E-state index in [1.165, 1.54) is 26.7 Å². The molecule has 0 saturated heterocycles. The summed E-state index contributed by atoms with van der Waals surface area (Å²) in [6.45, 7) is 0. The maximum absolute atomic E-state index is 11.0. The molecule has 21 heavy (non-hydrogen) atoms. The summed E-state index contributed by atoms with van der Waals surface area (Å²) < 4.78 is 0. The first-order chi connectivity index (χ1) is 10.1. The van der Waals surface area contributed by atoms with Gasteiger partial charge >= 0.3 is 6.03 Å². The molecule has 2 aromatic rings. The number of rotatable bonds is 1. The molecule has 1 aliphatic heterocycles. The van der Waals surface area contributed by atoms with Crippen LogP contribution in [0.25, 0.3) is 0 Å². The highest BCUT2D eigenvalue weighted by Gasteiger charge is 2.10. The van der Waals surface area contributed by atoms with Gasteiger partial charge in [-0.2, -0.15) is 5.26 Å². The summed E-state index contributed by atoms with van der Waals surface area (Å²) >= 11 is 3.11. The number of urea groups is 1. The summed E-state index contributed by atoms with van der Waals surface area (Å²) in [4.78, 5) is 13.6. The van der Waals surface area contributed by atoms with Crippen LogP contribution in [0.5, 0.6) is 0 Å². The zero-order valence-electron chi connectivity index (χ0n) is 11.5. The van der Waals surface area contributed by atoms with Gasteiger partial charge in [-0.05, 0) is 23.8 Å². The second-order valence-electron chi connectivity index (χ2n) is 4.10. The minimum Gasteiger partial charge on any atom is -0.341 e. The molecule has 0 atom stereocenters. The minimum atomic E-state index is -0.193. The van der Waals surface area contributed by atoms with Crippen LogP contribution in [0.15, 0.2) is 28.6 Å². The van der Waals surface area contributed by atoms with Crippen molar-refractivity contribution in [3.05, 3.63) is 34.8 Å². The van der Waals surface area contributed by atoms with E-state index in [1.54, 1.807) is 31.4 Å². The van der Waals surface area contributed by atoms with Gasteiger partial charge in [0.25, 0.3) is 0 Å². The number of aromatic nitrogens is 2. The van der Waals surface area contributed by atoms with E-state index < -0.39 is 0 Å². The number of carbonyl (C=O) groups is 1. The molecule has 1 aromatic heterocycles. The fourth-order valence-corrected chi connectivity index (χ4v) is 3.10. The standard InChI is InChI=1S/C8H5NS.C5H8N4OS/c9-4-6-1-7-3-8(2-6)10-5-7;1-6-4(10)9(2)5-8-7-3-11-5/h1-3H,5H2;3H,1-2H3,(H,6,10). The maximum atomic E-state index is 11.0. The summed E-state index contributed by atoms with van der Waals surface area (Å²) in [7, 11) is 3.21. The lowest BCUT2D eigenvalue weighted by atomic mass is 10.2. The molecule has 1 aromatic carbocycles. The lowest BCUT2D eigenvalue weighted by Crippen LogP contribution is -2.34. The summed E-state index contributed by atoms with van der Waals surface area (Å²) in [6.07, 6.45) is 0. The fraction of sp³-hybridized carbons (Fsp3) is 0.231. The van der Waals surface area contributed by atoms with Crippen molar-refractivity contribution in [1.29, 1.82) is 5.26 Å². The van der Waals surface area contributed by atoms with E-state index in [0.29, 0.717) is 5.13 Å². The Kier molecular flexibility index (Phi) is 5.14. The van der Waals surface area contributed by atoms with Crippen LogP contribution in [0.2, 0.25) is 0 Å². The third kappa shape index (κ3) is 3.93. The number of amides is 2. The van der Waals surface area contributed by atoms with E-state index in [0.717, 1.165) is 11.3 Å². The molecular weight excluding hydrogens is 306 g/mol. The zero-order valence-corrected chi connectivity index (χ0v) is 13.2. The first kappa shape index (κ1) is 15.3. The average molecular weight is 319 g/mol. The van der Waals surface area contributed by atoms with Gasteiger partial charge in [0.15, 0.2) is 0 Å². The van der Waals surface area contributed by atoms with Crippen LogP contribution in [0.4, 0.5) is 9.93 Å².